The molecule has 0 radical (unpaired) electrons. The average Bonchev–Trinajstić information content (AvgIpc) is 3.36. The maximum atomic E-state index is 15.7. The molecule has 0 unspecified atom stereocenters. The van der Waals surface area contributed by atoms with Gasteiger partial charge in [-0.15, -0.1) is 0 Å². The molecule has 18 heteroatoms. The molecule has 0 amide bonds. The van der Waals surface area contributed by atoms with Crippen molar-refractivity contribution in [3.8, 4) is 0 Å². The minimum atomic E-state index is -2.45. The molecular formula is C55H65NO17. The van der Waals surface area contributed by atoms with Crippen LogP contribution in [0.3, 0.4) is 0 Å². The average molecular weight is 1010 g/mol. The van der Waals surface area contributed by atoms with Gasteiger partial charge in [-0.1, -0.05) is 92.7 Å². The number of aliphatic hydroxyl groups is 2. The van der Waals surface area contributed by atoms with Crippen molar-refractivity contribution in [3.05, 3.63) is 119 Å². The van der Waals surface area contributed by atoms with Gasteiger partial charge in [-0.25, -0.2) is 14.4 Å². The van der Waals surface area contributed by atoms with E-state index in [9.17, 15) is 34.2 Å². The van der Waals surface area contributed by atoms with Crippen molar-refractivity contribution in [2.75, 3.05) is 46.6 Å². The molecule has 3 fully saturated rings. The summed E-state index contributed by atoms with van der Waals surface area (Å²) < 4.78 is 47.9. The Balaban J connectivity index is 1.37. The fraction of sp³-hybridized carbons (Fsp3) is 0.509. The van der Waals surface area contributed by atoms with Gasteiger partial charge in [0.25, 0.3) is 0 Å². The first-order valence-corrected chi connectivity index (χ1v) is 24.4. The smallest absolute Gasteiger partial charge is 0.348 e. The number of ketones is 2. The second-order valence-electron chi connectivity index (χ2n) is 19.9. The summed E-state index contributed by atoms with van der Waals surface area (Å²) in [7, 11) is 1.77. The normalized spacial score (nSPS) is 28.8. The molecule has 73 heavy (non-hydrogen) atoms. The van der Waals surface area contributed by atoms with Gasteiger partial charge in [0.1, 0.15) is 30.5 Å². The lowest BCUT2D eigenvalue weighted by atomic mass is 9.44. The predicted octanol–water partition coefficient (Wildman–Crippen LogP) is 4.42. The van der Waals surface area contributed by atoms with E-state index in [1.54, 1.807) is 99.8 Å². The van der Waals surface area contributed by atoms with E-state index in [0.29, 0.717) is 24.3 Å². The molecule has 1 saturated heterocycles. The molecule has 0 aromatic heterocycles. The third-order valence-corrected chi connectivity index (χ3v) is 15.1. The van der Waals surface area contributed by atoms with Crippen molar-refractivity contribution in [1.82, 2.24) is 5.32 Å². The third kappa shape index (κ3) is 10.8. The summed E-state index contributed by atoms with van der Waals surface area (Å²) in [5, 5.41) is 29.1. The zero-order valence-electron chi connectivity index (χ0n) is 42.2. The van der Waals surface area contributed by atoms with Gasteiger partial charge in [0.05, 0.1) is 49.4 Å². The molecule has 392 valence electrons. The standard InChI is InChI=1S/C55H65NO17/c1-32-40(70-51(64)45(71-43(61)30-67-26-25-66-24-23-56-7)38(35-17-11-8-12-18-35)27-39(59)36-19-13-9-14-20-36)29-55(65)49(72-50(63)37-21-15-10-16-22-37)47-53(6,41(60)28-42-54(47,31-68-42)73-34(3)58)48(62)46(69-33(2)57)44(32)52(55,4)5/h8-22,38,40-42,45-47,49,56,60,65H,23-31H2,1-7H3/t38-,40-,41-,42+,45+,46+,47-,49-,53+,54-,55+/m0/s1. The fourth-order valence-corrected chi connectivity index (χ4v) is 11.3. The van der Waals surface area contributed by atoms with Gasteiger partial charge in [0.2, 0.25) is 6.10 Å². The molecule has 3 N–H and O–H groups in total. The topological polar surface area (TPSA) is 246 Å². The number of fused-ring (bicyclic) bond motifs is 5. The van der Waals surface area contributed by atoms with Crippen LogP contribution in [0.15, 0.2) is 102 Å². The van der Waals surface area contributed by atoms with Crippen LogP contribution in [0.1, 0.15) is 93.0 Å². The Morgan fingerprint density at radius 2 is 1.42 bits per heavy atom. The Labute approximate surface area is 424 Å². The fourth-order valence-electron chi connectivity index (χ4n) is 11.3. The number of carbonyl (C=O) groups excluding carboxylic acids is 7. The molecule has 0 spiro atoms. The molecule has 18 nitrogen and oxygen atoms in total. The number of benzene rings is 3. The molecule has 7 rings (SSSR count). The quantitative estimate of drug-likeness (QED) is 0.0466. The SMILES string of the molecule is CNCCOCCOCC(=O)O[C@@H](C(=O)O[C@H]1C[C@@]2(O)[C@@H](OC(=O)c3ccccc3)[C@@H]3[C@]4(OC(C)=O)CO[C@@H]4C[C@H](O)[C@@]3(C)C(=O)[C@H](OC(C)=O)C(=C1C)C2(C)C)[C@@H](CC(=O)c1ccccc1)c1ccccc1. The van der Waals surface area contributed by atoms with Crippen molar-refractivity contribution in [3.63, 3.8) is 0 Å². The highest BCUT2D eigenvalue weighted by molar-refractivity contribution is 5.98. The first kappa shape index (κ1) is 54.6. The summed E-state index contributed by atoms with van der Waals surface area (Å²) >= 11 is 0. The Morgan fingerprint density at radius 1 is 0.808 bits per heavy atom. The summed E-state index contributed by atoms with van der Waals surface area (Å²) in [4.78, 5) is 99.7. The lowest BCUT2D eigenvalue weighted by Crippen LogP contribution is -2.82. The second kappa shape index (κ2) is 22.5. The minimum Gasteiger partial charge on any atom is -0.455 e. The number of aliphatic hydroxyl groups excluding tert-OH is 1. The molecule has 1 aliphatic heterocycles. The number of rotatable bonds is 20. The van der Waals surface area contributed by atoms with E-state index < -0.39 is 125 Å². The minimum absolute atomic E-state index is 0.00661. The second-order valence-corrected chi connectivity index (χ2v) is 19.9. The third-order valence-electron chi connectivity index (χ3n) is 15.1. The molecular weight excluding hydrogens is 947 g/mol. The zero-order valence-corrected chi connectivity index (χ0v) is 42.2. The van der Waals surface area contributed by atoms with Gasteiger partial charge >= 0.3 is 29.8 Å². The first-order valence-electron chi connectivity index (χ1n) is 24.4. The molecule has 3 aliphatic carbocycles. The Morgan fingerprint density at radius 3 is 2.01 bits per heavy atom. The Hall–Kier alpha value is -6.15. The number of likely N-dealkylation sites (N-methyl/N-ethyl adjacent to an activating group) is 1. The molecule has 2 saturated carbocycles. The summed E-state index contributed by atoms with van der Waals surface area (Å²) in [6.07, 6.45) is -11.0. The molecule has 3 aromatic rings. The van der Waals surface area contributed by atoms with Crippen LogP contribution in [0, 0.1) is 16.7 Å². The summed E-state index contributed by atoms with van der Waals surface area (Å²) in [5.74, 6) is -8.86. The Kier molecular flexibility index (Phi) is 16.9. The predicted molar refractivity (Wildman–Crippen MR) is 259 cm³/mol. The first-order chi connectivity index (χ1) is 34.7. The van der Waals surface area contributed by atoms with Crippen molar-refractivity contribution >= 4 is 41.4 Å². The number of hydrogen-bond donors (Lipinski definition) is 3. The number of ether oxygens (including phenoxy) is 8. The number of Topliss-reactive ketones (excluding diaryl/α,β-unsaturated/α-hetero) is 2. The van der Waals surface area contributed by atoms with Crippen LogP contribution in [0.2, 0.25) is 0 Å². The monoisotopic (exact) mass is 1010 g/mol. The van der Waals surface area contributed by atoms with Crippen molar-refractivity contribution in [1.29, 1.82) is 0 Å². The lowest BCUT2D eigenvalue weighted by molar-refractivity contribution is -0.346. The van der Waals surface area contributed by atoms with Crippen LogP contribution in [-0.2, 0) is 61.9 Å². The largest absolute Gasteiger partial charge is 0.455 e. The van der Waals surface area contributed by atoms with Gasteiger partial charge in [-0.3, -0.25) is 19.2 Å². The van der Waals surface area contributed by atoms with Crippen LogP contribution < -0.4 is 5.32 Å². The highest BCUT2D eigenvalue weighted by Crippen LogP contribution is 2.64. The summed E-state index contributed by atoms with van der Waals surface area (Å²) in [6.45, 7) is 8.46. The van der Waals surface area contributed by atoms with Gasteiger partial charge in [-0.2, -0.15) is 0 Å². The number of carbonyl (C=O) groups is 7. The molecule has 3 aromatic carbocycles. The lowest BCUT2D eigenvalue weighted by Gasteiger charge is -2.67. The molecule has 2 bridgehead atoms. The number of hydrogen-bond acceptors (Lipinski definition) is 18. The van der Waals surface area contributed by atoms with Crippen molar-refractivity contribution in [2.24, 2.45) is 16.7 Å². The van der Waals surface area contributed by atoms with Crippen LogP contribution in [-0.4, -0.2) is 146 Å². The highest BCUT2D eigenvalue weighted by Gasteiger charge is 2.78. The number of esters is 5. The summed E-state index contributed by atoms with van der Waals surface area (Å²) in [6, 6.07) is 24.6. The van der Waals surface area contributed by atoms with E-state index in [0.717, 1.165) is 13.8 Å². The van der Waals surface area contributed by atoms with E-state index >= 15 is 9.59 Å². The molecule has 1 heterocycles. The van der Waals surface area contributed by atoms with Crippen LogP contribution in [0.5, 0.6) is 0 Å². The van der Waals surface area contributed by atoms with Crippen molar-refractivity contribution < 1.29 is 81.7 Å². The van der Waals surface area contributed by atoms with E-state index in [1.165, 1.54) is 26.0 Å². The maximum absolute atomic E-state index is 15.7. The van der Waals surface area contributed by atoms with Gasteiger partial charge in [0.15, 0.2) is 23.3 Å². The van der Waals surface area contributed by atoms with Crippen molar-refractivity contribution in [2.45, 2.75) is 115 Å². The van der Waals surface area contributed by atoms with Gasteiger partial charge in [0, 0.05) is 56.6 Å². The van der Waals surface area contributed by atoms with Crippen LogP contribution in [0.25, 0.3) is 0 Å². The molecule has 4 aliphatic rings. The van der Waals surface area contributed by atoms with Crippen LogP contribution in [0.4, 0.5) is 0 Å². The maximum Gasteiger partial charge on any atom is 0.348 e. The van der Waals surface area contributed by atoms with Crippen LogP contribution >= 0.6 is 0 Å². The van der Waals surface area contributed by atoms with E-state index in [2.05, 4.69) is 5.32 Å². The summed E-state index contributed by atoms with van der Waals surface area (Å²) in [5.41, 5.74) is -7.16. The van der Waals surface area contributed by atoms with Gasteiger partial charge in [-0.05, 0) is 49.7 Å². The van der Waals surface area contributed by atoms with E-state index in [1.807, 2.05) is 0 Å². The molecule has 11 atom stereocenters. The van der Waals surface area contributed by atoms with E-state index in [-0.39, 0.29) is 49.4 Å². The zero-order chi connectivity index (χ0) is 52.9. The highest BCUT2D eigenvalue weighted by atomic mass is 16.6. The van der Waals surface area contributed by atoms with Gasteiger partial charge < -0.3 is 53.4 Å². The van der Waals surface area contributed by atoms with E-state index in [4.69, 9.17) is 37.9 Å². The Bertz CT molecular complexity index is 2550. The number of nitrogens with one attached hydrogen (secondary N) is 1.